The van der Waals surface area contributed by atoms with Crippen molar-refractivity contribution in [3.05, 3.63) is 28.8 Å². The summed E-state index contributed by atoms with van der Waals surface area (Å²) in [7, 11) is 1.73. The topological polar surface area (TPSA) is 33.3 Å². The van der Waals surface area contributed by atoms with Crippen molar-refractivity contribution in [1.29, 1.82) is 0 Å². The summed E-state index contributed by atoms with van der Waals surface area (Å²) in [6.07, 6.45) is 1.07. The van der Waals surface area contributed by atoms with Gasteiger partial charge in [-0.1, -0.05) is 13.0 Å². The average molecular weight is 250 g/mol. The maximum absolute atomic E-state index is 5.33. The molecule has 0 bridgehead atoms. The molecule has 3 nitrogen and oxygen atoms in total. The Morgan fingerprint density at radius 3 is 2.39 bits per heavy atom. The van der Waals surface area contributed by atoms with Crippen LogP contribution in [0.1, 0.15) is 23.6 Å². The Kier molecular flexibility index (Phi) is 6.76. The molecule has 1 rings (SSSR count). The molecule has 0 spiro atoms. The first kappa shape index (κ1) is 15.0. The van der Waals surface area contributed by atoms with Gasteiger partial charge in [-0.15, -0.1) is 0 Å². The molecule has 0 fully saturated rings. The maximum Gasteiger partial charge on any atom is 0.122 e. The van der Waals surface area contributed by atoms with Gasteiger partial charge in [-0.3, -0.25) is 0 Å². The van der Waals surface area contributed by atoms with E-state index in [0.29, 0.717) is 0 Å². The Bertz CT molecular complexity index is 364. The lowest BCUT2D eigenvalue weighted by atomic mass is 10.00. The van der Waals surface area contributed by atoms with E-state index in [1.54, 1.807) is 7.11 Å². The van der Waals surface area contributed by atoms with Crippen LogP contribution in [0.15, 0.2) is 12.1 Å². The zero-order chi connectivity index (χ0) is 13.4. The van der Waals surface area contributed by atoms with Crippen molar-refractivity contribution in [2.75, 3.05) is 33.3 Å². The summed E-state index contributed by atoms with van der Waals surface area (Å²) >= 11 is 0. The molecule has 1 aromatic rings. The molecule has 0 aromatic heterocycles. The molecule has 3 heteroatoms. The molecule has 0 radical (unpaired) electrons. The Morgan fingerprint density at radius 1 is 1.00 bits per heavy atom. The largest absolute Gasteiger partial charge is 0.496 e. The first-order valence-corrected chi connectivity index (χ1v) is 6.75. The Morgan fingerprint density at radius 2 is 1.72 bits per heavy atom. The van der Waals surface area contributed by atoms with Crippen molar-refractivity contribution >= 4 is 0 Å². The molecule has 0 heterocycles. The molecule has 0 unspecified atom stereocenters. The molecule has 0 saturated carbocycles. The van der Waals surface area contributed by atoms with E-state index in [9.17, 15) is 0 Å². The van der Waals surface area contributed by atoms with Crippen LogP contribution in [0.5, 0.6) is 5.75 Å². The highest BCUT2D eigenvalue weighted by atomic mass is 16.5. The lowest BCUT2D eigenvalue weighted by Gasteiger charge is -2.13. The van der Waals surface area contributed by atoms with Crippen molar-refractivity contribution in [2.24, 2.45) is 0 Å². The van der Waals surface area contributed by atoms with Crippen LogP contribution in [0.25, 0.3) is 0 Å². The van der Waals surface area contributed by atoms with E-state index in [1.807, 2.05) is 0 Å². The fourth-order valence-corrected chi connectivity index (χ4v) is 2.05. The van der Waals surface area contributed by atoms with Crippen LogP contribution in [0.2, 0.25) is 0 Å². The number of rotatable bonds is 8. The Labute approximate surface area is 111 Å². The molecule has 102 valence electrons. The van der Waals surface area contributed by atoms with Crippen molar-refractivity contribution < 1.29 is 4.74 Å². The van der Waals surface area contributed by atoms with E-state index in [4.69, 9.17) is 4.74 Å². The molecule has 0 aliphatic carbocycles. The maximum atomic E-state index is 5.33. The third kappa shape index (κ3) is 4.31. The molecule has 0 aliphatic rings. The fraction of sp³-hybridized carbons (Fsp3) is 0.600. The van der Waals surface area contributed by atoms with Crippen LogP contribution in [0, 0.1) is 13.8 Å². The summed E-state index contributed by atoms with van der Waals surface area (Å²) < 4.78 is 5.33. The quantitative estimate of drug-likeness (QED) is 0.693. The SMILES string of the molecule is CCNCCNCCc1ccc(OC)c(C)c1C. The van der Waals surface area contributed by atoms with E-state index in [-0.39, 0.29) is 0 Å². The Balaban J connectivity index is 2.41. The van der Waals surface area contributed by atoms with Crippen LogP contribution in [-0.4, -0.2) is 33.3 Å². The summed E-state index contributed by atoms with van der Waals surface area (Å²) in [5, 5.41) is 6.75. The molecule has 18 heavy (non-hydrogen) atoms. The van der Waals surface area contributed by atoms with Crippen LogP contribution < -0.4 is 15.4 Å². The highest BCUT2D eigenvalue weighted by molar-refractivity contribution is 5.43. The van der Waals surface area contributed by atoms with Gasteiger partial charge in [0, 0.05) is 13.1 Å². The normalized spacial score (nSPS) is 10.7. The Hall–Kier alpha value is -1.06. The van der Waals surface area contributed by atoms with Gasteiger partial charge in [0.1, 0.15) is 5.75 Å². The zero-order valence-corrected chi connectivity index (χ0v) is 12.1. The van der Waals surface area contributed by atoms with Gasteiger partial charge in [0.2, 0.25) is 0 Å². The first-order chi connectivity index (χ1) is 8.70. The highest BCUT2D eigenvalue weighted by Gasteiger charge is 2.05. The van der Waals surface area contributed by atoms with E-state index in [0.717, 1.165) is 38.3 Å². The number of nitrogens with one attached hydrogen (secondary N) is 2. The van der Waals surface area contributed by atoms with Crippen LogP contribution in [-0.2, 0) is 6.42 Å². The third-order valence-corrected chi connectivity index (χ3v) is 3.37. The molecule has 2 N–H and O–H groups in total. The number of ether oxygens (including phenoxy) is 1. The molecular formula is C15H26N2O. The van der Waals surface area contributed by atoms with E-state index < -0.39 is 0 Å². The number of benzene rings is 1. The van der Waals surface area contributed by atoms with Gasteiger partial charge in [0.05, 0.1) is 7.11 Å². The smallest absolute Gasteiger partial charge is 0.122 e. The number of hydrogen-bond acceptors (Lipinski definition) is 3. The van der Waals surface area contributed by atoms with Gasteiger partial charge in [-0.05, 0) is 56.1 Å². The summed E-state index contributed by atoms with van der Waals surface area (Å²) in [4.78, 5) is 0. The predicted molar refractivity (Wildman–Crippen MR) is 77.6 cm³/mol. The van der Waals surface area contributed by atoms with Gasteiger partial charge >= 0.3 is 0 Å². The second-order valence-electron chi connectivity index (χ2n) is 4.53. The number of hydrogen-bond donors (Lipinski definition) is 2. The van der Waals surface area contributed by atoms with Crippen molar-refractivity contribution in [1.82, 2.24) is 10.6 Å². The zero-order valence-electron chi connectivity index (χ0n) is 12.1. The molecule has 0 aliphatic heterocycles. The minimum absolute atomic E-state index is 0.983. The minimum atomic E-state index is 0.983. The third-order valence-electron chi connectivity index (χ3n) is 3.37. The molecule has 0 atom stereocenters. The van der Waals surface area contributed by atoms with Gasteiger partial charge < -0.3 is 15.4 Å². The van der Waals surface area contributed by atoms with Gasteiger partial charge in [-0.25, -0.2) is 0 Å². The summed E-state index contributed by atoms with van der Waals surface area (Å²) in [6.45, 7) is 10.6. The van der Waals surface area contributed by atoms with Crippen molar-refractivity contribution in [3.8, 4) is 5.75 Å². The first-order valence-electron chi connectivity index (χ1n) is 6.75. The van der Waals surface area contributed by atoms with Gasteiger partial charge in [-0.2, -0.15) is 0 Å². The van der Waals surface area contributed by atoms with E-state index >= 15 is 0 Å². The lowest BCUT2D eigenvalue weighted by Crippen LogP contribution is -2.28. The highest BCUT2D eigenvalue weighted by Crippen LogP contribution is 2.23. The summed E-state index contributed by atoms with van der Waals surface area (Å²) in [5.74, 6) is 0.983. The molecule has 0 saturated heterocycles. The number of likely N-dealkylation sites (N-methyl/N-ethyl adjacent to an activating group) is 1. The minimum Gasteiger partial charge on any atom is -0.496 e. The van der Waals surface area contributed by atoms with Crippen LogP contribution >= 0.6 is 0 Å². The number of methoxy groups -OCH3 is 1. The van der Waals surface area contributed by atoms with Crippen LogP contribution in [0.3, 0.4) is 0 Å². The fourth-order valence-electron chi connectivity index (χ4n) is 2.05. The van der Waals surface area contributed by atoms with Gasteiger partial charge in [0.15, 0.2) is 0 Å². The lowest BCUT2D eigenvalue weighted by molar-refractivity contribution is 0.411. The molecular weight excluding hydrogens is 224 g/mol. The van der Waals surface area contributed by atoms with E-state index in [1.165, 1.54) is 16.7 Å². The summed E-state index contributed by atoms with van der Waals surface area (Å²) in [6, 6.07) is 4.24. The van der Waals surface area contributed by atoms with Crippen molar-refractivity contribution in [3.63, 3.8) is 0 Å². The van der Waals surface area contributed by atoms with Gasteiger partial charge in [0.25, 0.3) is 0 Å². The van der Waals surface area contributed by atoms with E-state index in [2.05, 4.69) is 43.5 Å². The molecule has 1 aromatic carbocycles. The second-order valence-corrected chi connectivity index (χ2v) is 4.53. The van der Waals surface area contributed by atoms with Crippen molar-refractivity contribution in [2.45, 2.75) is 27.2 Å². The average Bonchev–Trinajstić information content (AvgIpc) is 2.38. The standard InChI is InChI=1S/C15H26N2O/c1-5-16-10-11-17-9-8-14-6-7-15(18-4)13(3)12(14)2/h6-7,16-17H,5,8-11H2,1-4H3. The second kappa shape index (κ2) is 8.11. The van der Waals surface area contributed by atoms with Crippen LogP contribution in [0.4, 0.5) is 0 Å². The molecule has 0 amide bonds. The predicted octanol–water partition coefficient (Wildman–Crippen LogP) is 2.05. The monoisotopic (exact) mass is 250 g/mol. The summed E-state index contributed by atoms with van der Waals surface area (Å²) in [5.41, 5.74) is 4.01.